The molecule has 200 valence electrons. The zero-order valence-corrected chi connectivity index (χ0v) is 22.5. The van der Waals surface area contributed by atoms with Crippen molar-refractivity contribution in [1.82, 2.24) is 24.8 Å². The van der Waals surface area contributed by atoms with Crippen LogP contribution in [0.15, 0.2) is 55.0 Å². The number of nitrogens with zero attached hydrogens (tertiary/aromatic N) is 6. The lowest BCUT2D eigenvalue weighted by Crippen LogP contribution is -2.50. The molecule has 38 heavy (non-hydrogen) atoms. The summed E-state index contributed by atoms with van der Waals surface area (Å²) in [5, 5.41) is 17.6. The summed E-state index contributed by atoms with van der Waals surface area (Å²) in [6.45, 7) is 5.19. The lowest BCUT2D eigenvalue weighted by molar-refractivity contribution is 0.281. The lowest BCUT2D eigenvalue weighted by atomic mass is 10.1. The van der Waals surface area contributed by atoms with Gasteiger partial charge in [-0.25, -0.2) is 18.4 Å². The number of aromatic nitrogens is 4. The van der Waals surface area contributed by atoms with Crippen molar-refractivity contribution in [2.24, 2.45) is 0 Å². The van der Waals surface area contributed by atoms with Crippen molar-refractivity contribution in [3.05, 3.63) is 66.1 Å². The molecule has 12 heteroatoms. The third kappa shape index (κ3) is 5.28. The van der Waals surface area contributed by atoms with Gasteiger partial charge in [-0.2, -0.15) is 4.98 Å². The summed E-state index contributed by atoms with van der Waals surface area (Å²) in [7, 11) is -1.96. The van der Waals surface area contributed by atoms with E-state index >= 15 is 0 Å². The quantitative estimate of drug-likeness (QED) is 0.311. The summed E-state index contributed by atoms with van der Waals surface area (Å²) >= 11 is 0. The molecule has 1 unspecified atom stereocenters. The number of fused-ring (bicyclic) bond motifs is 1. The number of rotatable bonds is 8. The molecule has 0 radical (unpaired) electrons. The van der Waals surface area contributed by atoms with E-state index in [4.69, 9.17) is 4.98 Å². The molecular weight excluding hydrogens is 504 g/mol. The van der Waals surface area contributed by atoms with Crippen LogP contribution in [0.5, 0.6) is 0 Å². The van der Waals surface area contributed by atoms with Gasteiger partial charge in [-0.3, -0.25) is 4.31 Å². The summed E-state index contributed by atoms with van der Waals surface area (Å²) < 4.78 is 27.4. The highest BCUT2D eigenvalue weighted by molar-refractivity contribution is 7.92. The first-order valence-electron chi connectivity index (χ1n) is 12.4. The first-order valence-corrected chi connectivity index (χ1v) is 14.3. The Morgan fingerprint density at radius 2 is 2.05 bits per heavy atom. The van der Waals surface area contributed by atoms with Gasteiger partial charge in [0.1, 0.15) is 11.5 Å². The number of piperazine rings is 1. The highest BCUT2D eigenvalue weighted by Crippen LogP contribution is 2.28. The minimum atomic E-state index is -3.46. The number of aliphatic hydroxyl groups is 1. The molecule has 11 nitrogen and oxygen atoms in total. The van der Waals surface area contributed by atoms with Crippen molar-refractivity contribution < 1.29 is 13.5 Å². The number of benzene rings is 1. The molecule has 0 saturated carbocycles. The topological polar surface area (TPSA) is 129 Å². The Labute approximate surface area is 222 Å². The normalized spacial score (nSPS) is 16.1. The van der Waals surface area contributed by atoms with Gasteiger partial charge in [0.2, 0.25) is 16.0 Å². The van der Waals surface area contributed by atoms with Crippen molar-refractivity contribution in [1.29, 1.82) is 0 Å². The second-order valence-electron chi connectivity index (χ2n) is 9.51. The van der Waals surface area contributed by atoms with Gasteiger partial charge in [0.15, 0.2) is 0 Å². The van der Waals surface area contributed by atoms with E-state index in [1.165, 1.54) is 11.4 Å². The van der Waals surface area contributed by atoms with Crippen LogP contribution >= 0.6 is 0 Å². The molecule has 4 heterocycles. The first kappa shape index (κ1) is 25.9. The monoisotopic (exact) mass is 536 g/mol. The predicted octanol–water partition coefficient (Wildman–Crippen LogP) is 2.30. The van der Waals surface area contributed by atoms with E-state index in [-0.39, 0.29) is 6.61 Å². The van der Waals surface area contributed by atoms with Crippen molar-refractivity contribution >= 4 is 44.2 Å². The van der Waals surface area contributed by atoms with Crippen LogP contribution < -0.4 is 19.8 Å². The Morgan fingerprint density at radius 1 is 1.21 bits per heavy atom. The largest absolute Gasteiger partial charge is 0.392 e. The van der Waals surface area contributed by atoms with Crippen molar-refractivity contribution in [3.8, 4) is 0 Å². The Balaban J connectivity index is 1.41. The van der Waals surface area contributed by atoms with E-state index in [0.29, 0.717) is 30.0 Å². The standard InChI is InChI=1S/C26H32N8O3S/c1-18-14-27-10-12-34(18)23-7-6-22(13-21(23)17-35)30-26-29-15-19-8-11-33(25(19)31-26)16-20-5-4-9-28-24(20)32(2)38(3,36)37/h4-9,11,13,15,18,27,35H,10,12,14,16-17H2,1-3H3,(H,29,30,31). The van der Waals surface area contributed by atoms with E-state index in [1.54, 1.807) is 18.5 Å². The average Bonchev–Trinajstić information content (AvgIpc) is 3.30. The van der Waals surface area contributed by atoms with Crippen molar-refractivity contribution in [3.63, 3.8) is 0 Å². The van der Waals surface area contributed by atoms with E-state index < -0.39 is 10.0 Å². The summed E-state index contributed by atoms with van der Waals surface area (Å²) in [6, 6.07) is 11.8. The van der Waals surface area contributed by atoms with Crippen LogP contribution in [-0.4, -0.2) is 72.0 Å². The average molecular weight is 537 g/mol. The molecule has 1 fully saturated rings. The number of hydrogen-bond donors (Lipinski definition) is 3. The van der Waals surface area contributed by atoms with Crippen LogP contribution in [0.2, 0.25) is 0 Å². The van der Waals surface area contributed by atoms with E-state index in [2.05, 4.69) is 32.4 Å². The Kier molecular flexibility index (Phi) is 7.19. The Morgan fingerprint density at radius 3 is 2.82 bits per heavy atom. The van der Waals surface area contributed by atoms with Gasteiger partial charge in [-0.1, -0.05) is 6.07 Å². The molecule has 3 aromatic heterocycles. The van der Waals surface area contributed by atoms with Crippen LogP contribution in [0.4, 0.5) is 23.1 Å². The third-order valence-electron chi connectivity index (χ3n) is 6.82. The number of sulfonamides is 1. The molecule has 1 atom stereocenters. The van der Waals surface area contributed by atoms with E-state index in [0.717, 1.165) is 53.8 Å². The first-order chi connectivity index (χ1) is 18.2. The number of pyridine rings is 1. The fraction of sp³-hybridized carbons (Fsp3) is 0.346. The molecule has 1 aliphatic heterocycles. The molecule has 3 N–H and O–H groups in total. The van der Waals surface area contributed by atoms with Crippen LogP contribution in [0, 0.1) is 0 Å². The minimum absolute atomic E-state index is 0.0698. The fourth-order valence-corrected chi connectivity index (χ4v) is 5.21. The SMILES string of the molecule is CC1CNCCN1c1ccc(Nc2ncc3ccn(Cc4cccnc4N(C)S(C)(=O)=O)c3n2)cc1CO. The van der Waals surface area contributed by atoms with Gasteiger partial charge >= 0.3 is 0 Å². The number of aliphatic hydroxyl groups excluding tert-OH is 1. The van der Waals surface area contributed by atoms with Gasteiger partial charge in [-0.05, 0) is 37.3 Å². The maximum absolute atomic E-state index is 12.1. The molecule has 5 rings (SSSR count). The molecule has 4 aromatic rings. The van der Waals surface area contributed by atoms with Crippen molar-refractivity contribution in [2.45, 2.75) is 26.1 Å². The summed E-state index contributed by atoms with van der Waals surface area (Å²) in [4.78, 5) is 15.8. The third-order valence-corrected chi connectivity index (χ3v) is 7.99. The molecule has 1 saturated heterocycles. The van der Waals surface area contributed by atoms with Crippen LogP contribution in [0.1, 0.15) is 18.1 Å². The Hall–Kier alpha value is -3.74. The van der Waals surface area contributed by atoms with Crippen LogP contribution in [0.25, 0.3) is 11.0 Å². The maximum Gasteiger partial charge on any atom is 0.233 e. The molecule has 0 bridgehead atoms. The summed E-state index contributed by atoms with van der Waals surface area (Å²) in [5.41, 5.74) is 4.10. The maximum atomic E-state index is 12.1. The van der Waals surface area contributed by atoms with Gasteiger partial charge in [-0.15, -0.1) is 0 Å². The van der Waals surface area contributed by atoms with Gasteiger partial charge in [0, 0.05) is 79.2 Å². The smallest absolute Gasteiger partial charge is 0.233 e. The molecule has 1 aliphatic rings. The number of anilines is 4. The molecular formula is C26H32N8O3S. The highest BCUT2D eigenvalue weighted by atomic mass is 32.2. The van der Waals surface area contributed by atoms with Gasteiger partial charge < -0.3 is 25.2 Å². The summed E-state index contributed by atoms with van der Waals surface area (Å²) in [5.74, 6) is 0.795. The minimum Gasteiger partial charge on any atom is -0.392 e. The second-order valence-corrected chi connectivity index (χ2v) is 11.5. The fourth-order valence-electron chi connectivity index (χ4n) is 4.73. The predicted molar refractivity (Wildman–Crippen MR) is 149 cm³/mol. The number of hydrogen-bond acceptors (Lipinski definition) is 9. The van der Waals surface area contributed by atoms with Crippen molar-refractivity contribution in [2.75, 3.05) is 47.5 Å². The zero-order chi connectivity index (χ0) is 26.9. The molecule has 0 spiro atoms. The van der Waals surface area contributed by atoms with Crippen LogP contribution in [0.3, 0.4) is 0 Å². The highest BCUT2D eigenvalue weighted by Gasteiger charge is 2.21. The van der Waals surface area contributed by atoms with E-state index in [1.807, 2.05) is 41.1 Å². The van der Waals surface area contributed by atoms with Gasteiger partial charge in [0.25, 0.3) is 0 Å². The molecule has 1 aromatic carbocycles. The summed E-state index contributed by atoms with van der Waals surface area (Å²) in [6.07, 6.45) is 6.37. The lowest BCUT2D eigenvalue weighted by Gasteiger charge is -2.37. The van der Waals surface area contributed by atoms with Crippen LogP contribution in [-0.2, 0) is 23.2 Å². The zero-order valence-electron chi connectivity index (χ0n) is 21.7. The second kappa shape index (κ2) is 10.6. The molecule has 0 aliphatic carbocycles. The Bertz CT molecular complexity index is 1560. The van der Waals surface area contributed by atoms with E-state index in [9.17, 15) is 13.5 Å². The van der Waals surface area contributed by atoms with Gasteiger partial charge in [0.05, 0.1) is 19.4 Å². The number of nitrogens with one attached hydrogen (secondary N) is 2. The molecule has 0 amide bonds.